The number of furan rings is 1. The maximum atomic E-state index is 6.15. The molecule has 1 saturated carbocycles. The van der Waals surface area contributed by atoms with Crippen molar-refractivity contribution in [2.75, 3.05) is 0 Å². The molecule has 1 aliphatic carbocycles. The SMILES string of the molecule is CCC(N)C(OC1CCCC1)c1ccc(C)o1. The maximum Gasteiger partial charge on any atom is 0.134 e. The van der Waals surface area contributed by atoms with Gasteiger partial charge >= 0.3 is 0 Å². The Kier molecular flexibility index (Phi) is 4.24. The molecule has 0 aromatic carbocycles. The molecule has 3 nitrogen and oxygen atoms in total. The standard InChI is InChI=1S/C14H23NO2/c1-3-12(15)14(13-9-8-10(2)16-13)17-11-6-4-5-7-11/h8-9,11-12,14H,3-7,15H2,1-2H3. The summed E-state index contributed by atoms with van der Waals surface area (Å²) in [4.78, 5) is 0. The van der Waals surface area contributed by atoms with E-state index in [0.29, 0.717) is 6.10 Å². The highest BCUT2D eigenvalue weighted by Crippen LogP contribution is 2.30. The summed E-state index contributed by atoms with van der Waals surface area (Å²) in [6, 6.07) is 3.98. The average Bonchev–Trinajstić information content (AvgIpc) is 2.96. The van der Waals surface area contributed by atoms with Gasteiger partial charge in [-0.05, 0) is 38.3 Å². The van der Waals surface area contributed by atoms with Crippen molar-refractivity contribution >= 4 is 0 Å². The second-order valence-corrected chi connectivity index (χ2v) is 4.98. The third-order valence-electron chi connectivity index (χ3n) is 3.54. The molecule has 1 aromatic rings. The van der Waals surface area contributed by atoms with Gasteiger partial charge < -0.3 is 14.9 Å². The fourth-order valence-electron chi connectivity index (χ4n) is 2.43. The molecule has 1 heterocycles. The van der Waals surface area contributed by atoms with Crippen LogP contribution in [0, 0.1) is 6.92 Å². The first-order valence-corrected chi connectivity index (χ1v) is 6.68. The summed E-state index contributed by atoms with van der Waals surface area (Å²) in [6.45, 7) is 4.04. The van der Waals surface area contributed by atoms with Crippen molar-refractivity contribution in [2.45, 2.75) is 64.2 Å². The lowest BCUT2D eigenvalue weighted by Crippen LogP contribution is -2.31. The molecular formula is C14H23NO2. The predicted octanol–water partition coefficient (Wildman–Crippen LogP) is 3.33. The van der Waals surface area contributed by atoms with Gasteiger partial charge in [-0.1, -0.05) is 19.8 Å². The molecule has 3 heteroatoms. The van der Waals surface area contributed by atoms with Crippen molar-refractivity contribution in [3.05, 3.63) is 23.7 Å². The quantitative estimate of drug-likeness (QED) is 0.854. The Morgan fingerprint density at radius 2 is 2.12 bits per heavy atom. The Morgan fingerprint density at radius 1 is 1.41 bits per heavy atom. The van der Waals surface area contributed by atoms with Crippen LogP contribution in [-0.2, 0) is 4.74 Å². The molecule has 0 amide bonds. The van der Waals surface area contributed by atoms with Crippen LogP contribution < -0.4 is 5.73 Å². The van der Waals surface area contributed by atoms with E-state index in [9.17, 15) is 0 Å². The van der Waals surface area contributed by atoms with Gasteiger partial charge in [0.1, 0.15) is 17.6 Å². The van der Waals surface area contributed by atoms with Crippen molar-refractivity contribution in [1.82, 2.24) is 0 Å². The molecule has 0 aliphatic heterocycles. The molecule has 2 atom stereocenters. The first kappa shape index (κ1) is 12.7. The van der Waals surface area contributed by atoms with Crippen molar-refractivity contribution in [3.63, 3.8) is 0 Å². The fraction of sp³-hybridized carbons (Fsp3) is 0.714. The summed E-state index contributed by atoms with van der Waals surface area (Å²) >= 11 is 0. The van der Waals surface area contributed by atoms with E-state index in [4.69, 9.17) is 14.9 Å². The summed E-state index contributed by atoms with van der Waals surface area (Å²) in [5.74, 6) is 1.80. The molecule has 2 unspecified atom stereocenters. The van der Waals surface area contributed by atoms with Gasteiger partial charge in [-0.25, -0.2) is 0 Å². The lowest BCUT2D eigenvalue weighted by atomic mass is 10.1. The zero-order valence-corrected chi connectivity index (χ0v) is 10.8. The van der Waals surface area contributed by atoms with Gasteiger partial charge in [0.15, 0.2) is 0 Å². The van der Waals surface area contributed by atoms with Crippen molar-refractivity contribution in [2.24, 2.45) is 5.73 Å². The number of ether oxygens (including phenoxy) is 1. The van der Waals surface area contributed by atoms with E-state index >= 15 is 0 Å². The second kappa shape index (κ2) is 5.69. The monoisotopic (exact) mass is 237 g/mol. The topological polar surface area (TPSA) is 48.4 Å². The van der Waals surface area contributed by atoms with Crippen LogP contribution in [0.2, 0.25) is 0 Å². The lowest BCUT2D eigenvalue weighted by Gasteiger charge is -2.25. The Bertz CT molecular complexity index is 342. The molecule has 2 N–H and O–H groups in total. The summed E-state index contributed by atoms with van der Waals surface area (Å²) in [5.41, 5.74) is 6.15. The van der Waals surface area contributed by atoms with Crippen LogP contribution >= 0.6 is 0 Å². The Labute approximate surface area is 103 Å². The number of hydrogen-bond donors (Lipinski definition) is 1. The minimum Gasteiger partial charge on any atom is -0.464 e. The molecule has 1 aromatic heterocycles. The van der Waals surface area contributed by atoms with E-state index in [2.05, 4.69) is 6.92 Å². The van der Waals surface area contributed by atoms with Crippen molar-refractivity contribution < 1.29 is 9.15 Å². The van der Waals surface area contributed by atoms with Crippen LogP contribution in [0.1, 0.15) is 56.7 Å². The number of hydrogen-bond acceptors (Lipinski definition) is 3. The first-order chi connectivity index (χ1) is 8.20. The van der Waals surface area contributed by atoms with Crippen LogP contribution in [-0.4, -0.2) is 12.1 Å². The first-order valence-electron chi connectivity index (χ1n) is 6.68. The summed E-state index contributed by atoms with van der Waals surface area (Å²) < 4.78 is 11.8. The second-order valence-electron chi connectivity index (χ2n) is 4.98. The molecule has 1 fully saturated rings. The highest BCUT2D eigenvalue weighted by atomic mass is 16.5. The number of rotatable bonds is 5. The average molecular weight is 237 g/mol. The molecule has 0 saturated heterocycles. The molecular weight excluding hydrogens is 214 g/mol. The van der Waals surface area contributed by atoms with Crippen molar-refractivity contribution in [1.29, 1.82) is 0 Å². The highest BCUT2D eigenvalue weighted by Gasteiger charge is 2.27. The van der Waals surface area contributed by atoms with E-state index in [1.54, 1.807) is 0 Å². The summed E-state index contributed by atoms with van der Waals surface area (Å²) in [6.07, 6.45) is 6.04. The van der Waals surface area contributed by atoms with Gasteiger partial charge in [-0.2, -0.15) is 0 Å². The van der Waals surface area contributed by atoms with Crippen LogP contribution in [0.4, 0.5) is 0 Å². The third-order valence-corrected chi connectivity index (χ3v) is 3.54. The molecule has 96 valence electrons. The minimum absolute atomic E-state index is 0.0150. The van der Waals surface area contributed by atoms with Gasteiger partial charge in [-0.15, -0.1) is 0 Å². The van der Waals surface area contributed by atoms with Gasteiger partial charge in [0.2, 0.25) is 0 Å². The van der Waals surface area contributed by atoms with Crippen LogP contribution in [0.15, 0.2) is 16.5 Å². The molecule has 2 rings (SSSR count). The minimum atomic E-state index is -0.0863. The summed E-state index contributed by atoms with van der Waals surface area (Å²) in [5, 5.41) is 0. The smallest absolute Gasteiger partial charge is 0.134 e. The van der Waals surface area contributed by atoms with E-state index in [-0.39, 0.29) is 12.1 Å². The maximum absolute atomic E-state index is 6.15. The Hall–Kier alpha value is -0.800. The molecule has 0 spiro atoms. The van der Waals surface area contributed by atoms with Crippen LogP contribution in [0.5, 0.6) is 0 Å². The van der Waals surface area contributed by atoms with E-state index in [1.165, 1.54) is 12.8 Å². The largest absolute Gasteiger partial charge is 0.464 e. The Morgan fingerprint density at radius 3 is 2.65 bits per heavy atom. The summed E-state index contributed by atoms with van der Waals surface area (Å²) in [7, 11) is 0. The van der Waals surface area contributed by atoms with Gasteiger partial charge in [-0.3, -0.25) is 0 Å². The molecule has 17 heavy (non-hydrogen) atoms. The van der Waals surface area contributed by atoms with Crippen LogP contribution in [0.3, 0.4) is 0 Å². The molecule has 1 aliphatic rings. The van der Waals surface area contributed by atoms with E-state index < -0.39 is 0 Å². The normalized spacial score (nSPS) is 20.6. The van der Waals surface area contributed by atoms with Gasteiger partial charge in [0.25, 0.3) is 0 Å². The van der Waals surface area contributed by atoms with Crippen molar-refractivity contribution in [3.8, 4) is 0 Å². The van der Waals surface area contributed by atoms with E-state index in [0.717, 1.165) is 30.8 Å². The molecule has 0 radical (unpaired) electrons. The zero-order chi connectivity index (χ0) is 12.3. The van der Waals surface area contributed by atoms with Gasteiger partial charge in [0, 0.05) is 6.04 Å². The van der Waals surface area contributed by atoms with E-state index in [1.807, 2.05) is 19.1 Å². The number of nitrogens with two attached hydrogens (primary N) is 1. The third kappa shape index (κ3) is 3.11. The number of aryl methyl sites for hydroxylation is 1. The predicted molar refractivity (Wildman–Crippen MR) is 67.8 cm³/mol. The fourth-order valence-corrected chi connectivity index (χ4v) is 2.43. The zero-order valence-electron chi connectivity index (χ0n) is 10.8. The van der Waals surface area contributed by atoms with Crippen LogP contribution in [0.25, 0.3) is 0 Å². The lowest BCUT2D eigenvalue weighted by molar-refractivity contribution is -0.0347. The highest BCUT2D eigenvalue weighted by molar-refractivity contribution is 5.10. The van der Waals surface area contributed by atoms with Gasteiger partial charge in [0.05, 0.1) is 6.10 Å². The Balaban J connectivity index is 2.07. The molecule has 0 bridgehead atoms.